The van der Waals surface area contributed by atoms with Gasteiger partial charge in [-0.25, -0.2) is 4.68 Å². The minimum absolute atomic E-state index is 0.00600. The minimum atomic E-state index is -0.553. The first-order valence-electron chi connectivity index (χ1n) is 9.17. The number of anilines is 1. The normalized spacial score (nSPS) is 23.1. The van der Waals surface area contributed by atoms with Crippen molar-refractivity contribution in [3.05, 3.63) is 36.2 Å². The molecule has 1 atom stereocenters. The lowest BCUT2D eigenvalue weighted by atomic mass is 9.99. The molecule has 4 rings (SSSR count). The van der Waals surface area contributed by atoms with Crippen LogP contribution in [0.25, 0.3) is 5.69 Å². The van der Waals surface area contributed by atoms with Crippen molar-refractivity contribution in [1.29, 1.82) is 0 Å². The first kappa shape index (κ1) is 17.3. The number of fused-ring (bicyclic) bond motifs is 1. The largest absolute Gasteiger partial charge is 0.484 e. The van der Waals surface area contributed by atoms with Gasteiger partial charge in [0.25, 0.3) is 0 Å². The monoisotopic (exact) mass is 358 g/mol. The summed E-state index contributed by atoms with van der Waals surface area (Å²) in [6.07, 6.45) is 4.43. The van der Waals surface area contributed by atoms with Crippen molar-refractivity contribution in [1.82, 2.24) is 14.7 Å². The highest BCUT2D eigenvalue weighted by molar-refractivity contribution is 5.68. The second kappa shape index (κ2) is 6.90. The third-order valence-corrected chi connectivity index (χ3v) is 5.29. The molecule has 0 amide bonds. The van der Waals surface area contributed by atoms with Crippen LogP contribution in [0.2, 0.25) is 0 Å². The van der Waals surface area contributed by atoms with E-state index in [0.717, 1.165) is 55.4 Å². The zero-order chi connectivity index (χ0) is 18.1. The van der Waals surface area contributed by atoms with Gasteiger partial charge in [0.2, 0.25) is 0 Å². The molecule has 0 saturated carbocycles. The number of hydrogen-bond donors (Lipinski definition) is 2. The van der Waals surface area contributed by atoms with Crippen molar-refractivity contribution >= 4 is 5.69 Å². The molecule has 2 aromatic rings. The van der Waals surface area contributed by atoms with Crippen molar-refractivity contribution < 1.29 is 14.9 Å². The molecule has 1 saturated heterocycles. The average molecular weight is 358 g/mol. The van der Waals surface area contributed by atoms with Crippen LogP contribution in [0.4, 0.5) is 5.69 Å². The van der Waals surface area contributed by atoms with Crippen molar-refractivity contribution in [2.45, 2.75) is 18.9 Å². The summed E-state index contributed by atoms with van der Waals surface area (Å²) in [7, 11) is 0. The second-order valence-corrected chi connectivity index (χ2v) is 7.34. The van der Waals surface area contributed by atoms with Gasteiger partial charge in [0.1, 0.15) is 11.4 Å². The number of β-amino-alcohol motifs (C(OH)–C–C–N with tert-alkyl or cyclic N) is 1. The molecule has 0 radical (unpaired) electrons. The van der Waals surface area contributed by atoms with Crippen molar-refractivity contribution in [2.24, 2.45) is 0 Å². The van der Waals surface area contributed by atoms with Gasteiger partial charge in [0, 0.05) is 63.2 Å². The van der Waals surface area contributed by atoms with Crippen LogP contribution in [0.5, 0.6) is 5.75 Å². The average Bonchev–Trinajstić information content (AvgIpc) is 3.28. The lowest BCUT2D eigenvalue weighted by Gasteiger charge is -2.36. The highest BCUT2D eigenvalue weighted by Gasteiger charge is 2.35. The van der Waals surface area contributed by atoms with Gasteiger partial charge in [0.15, 0.2) is 0 Å². The molecule has 3 heterocycles. The molecule has 2 aliphatic rings. The van der Waals surface area contributed by atoms with Crippen molar-refractivity contribution in [2.75, 3.05) is 50.8 Å². The lowest BCUT2D eigenvalue weighted by molar-refractivity contribution is 0.0447. The number of ether oxygens (including phenoxy) is 1. The summed E-state index contributed by atoms with van der Waals surface area (Å²) < 4.78 is 7.95. The molecule has 140 valence electrons. The maximum atomic E-state index is 9.67. The summed E-state index contributed by atoms with van der Waals surface area (Å²) in [4.78, 5) is 4.62. The van der Waals surface area contributed by atoms with E-state index >= 15 is 0 Å². The van der Waals surface area contributed by atoms with Gasteiger partial charge in [0.05, 0.1) is 24.6 Å². The van der Waals surface area contributed by atoms with Gasteiger partial charge in [-0.3, -0.25) is 4.90 Å². The van der Waals surface area contributed by atoms with Crippen LogP contribution in [0, 0.1) is 0 Å². The molecule has 2 N–H and O–H groups in total. The van der Waals surface area contributed by atoms with Crippen LogP contribution in [-0.2, 0) is 6.42 Å². The molecular weight excluding hydrogens is 332 g/mol. The summed E-state index contributed by atoms with van der Waals surface area (Å²) in [5.74, 6) is 0.852. The van der Waals surface area contributed by atoms with Crippen LogP contribution < -0.4 is 9.64 Å². The van der Waals surface area contributed by atoms with E-state index in [1.54, 1.807) is 6.20 Å². The van der Waals surface area contributed by atoms with E-state index in [4.69, 9.17) is 9.84 Å². The summed E-state index contributed by atoms with van der Waals surface area (Å²) >= 11 is 0. The molecule has 7 nitrogen and oxygen atoms in total. The Labute approximate surface area is 153 Å². The summed E-state index contributed by atoms with van der Waals surface area (Å²) in [6, 6.07) is 6.15. The minimum Gasteiger partial charge on any atom is -0.484 e. The third-order valence-electron chi connectivity index (χ3n) is 5.29. The third kappa shape index (κ3) is 3.18. The molecular formula is C19H26N4O3. The predicted molar refractivity (Wildman–Crippen MR) is 99.1 cm³/mol. The zero-order valence-electron chi connectivity index (χ0n) is 15.1. The Hall–Kier alpha value is -2.09. The molecule has 1 fully saturated rings. The quantitative estimate of drug-likeness (QED) is 0.819. The first-order chi connectivity index (χ1) is 12.6. The van der Waals surface area contributed by atoms with Gasteiger partial charge in [-0.15, -0.1) is 0 Å². The number of aromatic nitrogens is 2. The molecule has 0 unspecified atom stereocenters. The van der Waals surface area contributed by atoms with E-state index in [2.05, 4.69) is 27.0 Å². The predicted octanol–water partition coefficient (Wildman–Crippen LogP) is 0.673. The molecule has 2 aliphatic heterocycles. The molecule has 7 heteroatoms. The van der Waals surface area contributed by atoms with Gasteiger partial charge >= 0.3 is 0 Å². The standard InChI is InChI=1S/C19H26N4O3/c1-19(14-25)13-15-11-17(23-4-2-3-20-23)16(12-18(15)26-19)22-7-5-21(6-8-22)9-10-24/h2-4,11-12,24-25H,5-10,13-14H2,1H3/t19-/m0/s1. The van der Waals surface area contributed by atoms with Crippen molar-refractivity contribution in [3.8, 4) is 11.4 Å². The fourth-order valence-electron chi connectivity index (χ4n) is 3.83. The maximum Gasteiger partial charge on any atom is 0.133 e. The maximum absolute atomic E-state index is 9.67. The van der Waals surface area contributed by atoms with Gasteiger partial charge in [-0.1, -0.05) is 0 Å². The highest BCUT2D eigenvalue weighted by atomic mass is 16.5. The van der Waals surface area contributed by atoms with E-state index in [-0.39, 0.29) is 13.2 Å². The van der Waals surface area contributed by atoms with Crippen LogP contribution in [-0.4, -0.2) is 76.4 Å². The second-order valence-electron chi connectivity index (χ2n) is 7.34. The van der Waals surface area contributed by atoms with E-state index in [1.165, 1.54) is 0 Å². The number of aliphatic hydroxyl groups excluding tert-OH is 2. The summed E-state index contributed by atoms with van der Waals surface area (Å²) in [5, 5.41) is 23.2. The van der Waals surface area contributed by atoms with Gasteiger partial charge in [-0.2, -0.15) is 5.10 Å². The van der Waals surface area contributed by atoms with Crippen LogP contribution in [0.3, 0.4) is 0 Å². The molecule has 26 heavy (non-hydrogen) atoms. The van der Waals surface area contributed by atoms with Crippen LogP contribution >= 0.6 is 0 Å². The van der Waals surface area contributed by atoms with Crippen LogP contribution in [0.15, 0.2) is 30.6 Å². The number of nitrogens with zero attached hydrogens (tertiary/aromatic N) is 4. The number of hydrogen-bond acceptors (Lipinski definition) is 6. The fraction of sp³-hybridized carbons (Fsp3) is 0.526. The Morgan fingerprint density at radius 3 is 2.62 bits per heavy atom. The number of piperazine rings is 1. The Bertz CT molecular complexity index is 756. The molecule has 0 aliphatic carbocycles. The van der Waals surface area contributed by atoms with E-state index in [1.807, 2.05) is 23.9 Å². The van der Waals surface area contributed by atoms with Crippen LogP contribution in [0.1, 0.15) is 12.5 Å². The smallest absolute Gasteiger partial charge is 0.133 e. The van der Waals surface area contributed by atoms with Gasteiger partial charge < -0.3 is 19.8 Å². The van der Waals surface area contributed by atoms with Gasteiger partial charge in [-0.05, 0) is 19.1 Å². The van der Waals surface area contributed by atoms with E-state index in [9.17, 15) is 5.11 Å². The Morgan fingerprint density at radius 2 is 1.96 bits per heavy atom. The summed E-state index contributed by atoms with van der Waals surface area (Å²) in [5.41, 5.74) is 2.69. The highest BCUT2D eigenvalue weighted by Crippen LogP contribution is 2.40. The first-order valence-corrected chi connectivity index (χ1v) is 9.17. The Kier molecular flexibility index (Phi) is 4.60. The number of rotatable bonds is 5. The summed E-state index contributed by atoms with van der Waals surface area (Å²) in [6.45, 7) is 6.49. The molecule has 1 aromatic heterocycles. The SMILES string of the molecule is C[C@@]1(CO)Cc2cc(-n3cccn3)c(N3CCN(CCO)CC3)cc2O1. The lowest BCUT2D eigenvalue weighted by Crippen LogP contribution is -2.47. The number of aliphatic hydroxyl groups is 2. The zero-order valence-corrected chi connectivity index (χ0v) is 15.1. The topological polar surface area (TPSA) is 74.0 Å². The molecule has 0 spiro atoms. The van der Waals surface area contributed by atoms with E-state index < -0.39 is 5.60 Å². The molecule has 0 bridgehead atoms. The van der Waals surface area contributed by atoms with E-state index in [0.29, 0.717) is 6.42 Å². The fourth-order valence-corrected chi connectivity index (χ4v) is 3.83. The van der Waals surface area contributed by atoms with Crippen molar-refractivity contribution in [3.63, 3.8) is 0 Å². The molecule has 1 aromatic carbocycles. The Morgan fingerprint density at radius 1 is 1.15 bits per heavy atom. The number of benzene rings is 1. The Balaban J connectivity index is 1.67.